The third kappa shape index (κ3) is 2.50. The summed E-state index contributed by atoms with van der Waals surface area (Å²) in [7, 11) is 1.50. The summed E-state index contributed by atoms with van der Waals surface area (Å²) in [6.45, 7) is -2.87. The normalized spacial score (nSPS) is 10.7. The quantitative estimate of drug-likeness (QED) is 0.760. The van der Waals surface area contributed by atoms with Crippen molar-refractivity contribution in [2.75, 3.05) is 7.11 Å². The van der Waals surface area contributed by atoms with Crippen LogP contribution in [0.15, 0.2) is 12.3 Å². The second kappa shape index (κ2) is 4.06. The Balaban J connectivity index is 2.41. The van der Waals surface area contributed by atoms with Crippen molar-refractivity contribution in [3.05, 3.63) is 18.0 Å². The zero-order chi connectivity index (χ0) is 8.97. The molecule has 68 valence electrons. The van der Waals surface area contributed by atoms with Gasteiger partial charge in [0.1, 0.15) is 5.75 Å². The Morgan fingerprint density at radius 1 is 1.58 bits per heavy atom. The molecule has 0 aliphatic rings. The zero-order valence-corrected chi connectivity index (χ0v) is 6.51. The molecule has 12 heavy (non-hydrogen) atoms. The lowest BCUT2D eigenvalue weighted by atomic mass is 10.4. The fourth-order valence-corrected chi connectivity index (χ4v) is 0.773. The minimum atomic E-state index is -2.74. The largest absolute Gasteiger partial charge is 0.495 e. The van der Waals surface area contributed by atoms with Gasteiger partial charge in [0.2, 0.25) is 0 Å². The van der Waals surface area contributed by atoms with Crippen molar-refractivity contribution in [1.29, 1.82) is 0 Å². The average molecular weight is 177 g/mol. The molecule has 0 fully saturated rings. The molecule has 0 spiro atoms. The van der Waals surface area contributed by atoms with Crippen LogP contribution in [-0.2, 0) is 11.3 Å². The van der Waals surface area contributed by atoms with E-state index in [9.17, 15) is 8.78 Å². The molecule has 0 aliphatic heterocycles. The van der Waals surface area contributed by atoms with Crippen molar-refractivity contribution in [2.45, 2.75) is 13.2 Å². The molecule has 0 aliphatic carbocycles. The van der Waals surface area contributed by atoms with E-state index in [1.165, 1.54) is 7.11 Å². The number of rotatable bonds is 4. The highest BCUT2D eigenvalue weighted by atomic mass is 19.3. The first-order chi connectivity index (χ1) is 5.72. The van der Waals surface area contributed by atoms with E-state index in [2.05, 4.69) is 9.72 Å². The minimum absolute atomic E-state index is 0.138. The van der Waals surface area contributed by atoms with Crippen LogP contribution in [0.3, 0.4) is 0 Å². The number of aromatic amines is 1. The number of hydrogen-bond donors (Lipinski definition) is 1. The van der Waals surface area contributed by atoms with Gasteiger partial charge in [0.05, 0.1) is 13.7 Å². The maximum absolute atomic E-state index is 11.5. The van der Waals surface area contributed by atoms with E-state index in [4.69, 9.17) is 4.74 Å². The summed E-state index contributed by atoms with van der Waals surface area (Å²) in [6.07, 6.45) is 1.57. The second-order valence-corrected chi connectivity index (χ2v) is 2.14. The zero-order valence-electron chi connectivity index (χ0n) is 6.51. The summed E-state index contributed by atoms with van der Waals surface area (Å²) < 4.78 is 32.0. The van der Waals surface area contributed by atoms with Crippen molar-refractivity contribution < 1.29 is 18.3 Å². The molecular weight excluding hydrogens is 168 g/mol. The molecule has 5 heteroatoms. The van der Waals surface area contributed by atoms with Crippen LogP contribution in [0.25, 0.3) is 0 Å². The fraction of sp³-hybridized carbons (Fsp3) is 0.429. The van der Waals surface area contributed by atoms with Gasteiger partial charge >= 0.3 is 6.61 Å². The van der Waals surface area contributed by atoms with E-state index in [1.54, 1.807) is 12.3 Å². The van der Waals surface area contributed by atoms with E-state index in [-0.39, 0.29) is 6.61 Å². The van der Waals surface area contributed by atoms with Gasteiger partial charge in [-0.15, -0.1) is 0 Å². The van der Waals surface area contributed by atoms with Gasteiger partial charge in [-0.2, -0.15) is 8.78 Å². The molecule has 1 heterocycles. The Labute approximate surface area is 68.3 Å². The first-order valence-corrected chi connectivity index (χ1v) is 3.33. The minimum Gasteiger partial charge on any atom is -0.495 e. The molecule has 1 rings (SSSR count). The second-order valence-electron chi connectivity index (χ2n) is 2.14. The molecule has 0 bridgehead atoms. The van der Waals surface area contributed by atoms with Gasteiger partial charge in [-0.1, -0.05) is 0 Å². The summed E-state index contributed by atoms with van der Waals surface area (Å²) in [5.41, 5.74) is 0.562. The molecule has 0 saturated carbocycles. The molecule has 0 amide bonds. The highest BCUT2D eigenvalue weighted by Crippen LogP contribution is 2.12. The Morgan fingerprint density at radius 2 is 2.33 bits per heavy atom. The van der Waals surface area contributed by atoms with Crippen LogP contribution < -0.4 is 4.74 Å². The first kappa shape index (κ1) is 8.99. The Bertz CT molecular complexity index is 237. The van der Waals surface area contributed by atoms with Gasteiger partial charge in [0.25, 0.3) is 0 Å². The number of nitrogens with one attached hydrogen (secondary N) is 1. The standard InChI is InChI=1S/C7H9F2NO2/c1-11-6-2-5(10-3-6)4-12-7(8)9/h2-3,7,10H,4H2,1H3. The lowest BCUT2D eigenvalue weighted by Crippen LogP contribution is -1.98. The molecule has 0 radical (unpaired) electrons. The van der Waals surface area contributed by atoms with E-state index in [0.29, 0.717) is 11.4 Å². The van der Waals surface area contributed by atoms with Gasteiger partial charge in [0.15, 0.2) is 0 Å². The van der Waals surface area contributed by atoms with Crippen LogP contribution in [-0.4, -0.2) is 18.7 Å². The maximum atomic E-state index is 11.5. The van der Waals surface area contributed by atoms with Crippen molar-refractivity contribution >= 4 is 0 Å². The first-order valence-electron chi connectivity index (χ1n) is 3.33. The van der Waals surface area contributed by atoms with Crippen LogP contribution in [0.4, 0.5) is 8.78 Å². The highest BCUT2D eigenvalue weighted by molar-refractivity contribution is 5.22. The topological polar surface area (TPSA) is 34.2 Å². The number of H-pyrrole nitrogens is 1. The molecule has 0 unspecified atom stereocenters. The van der Waals surface area contributed by atoms with E-state index in [1.807, 2.05) is 0 Å². The third-order valence-electron chi connectivity index (χ3n) is 1.32. The Morgan fingerprint density at radius 3 is 2.83 bits per heavy atom. The van der Waals surface area contributed by atoms with Crippen LogP contribution in [0.5, 0.6) is 5.75 Å². The van der Waals surface area contributed by atoms with Crippen molar-refractivity contribution in [3.63, 3.8) is 0 Å². The number of hydrogen-bond acceptors (Lipinski definition) is 2. The highest BCUT2D eigenvalue weighted by Gasteiger charge is 2.04. The maximum Gasteiger partial charge on any atom is 0.345 e. The third-order valence-corrected chi connectivity index (χ3v) is 1.32. The lowest BCUT2D eigenvalue weighted by molar-refractivity contribution is -0.137. The number of aromatic nitrogens is 1. The van der Waals surface area contributed by atoms with Crippen molar-refractivity contribution in [3.8, 4) is 5.75 Å². The Hall–Kier alpha value is -1.10. The summed E-state index contributed by atoms with van der Waals surface area (Å²) in [5.74, 6) is 0.600. The van der Waals surface area contributed by atoms with E-state index in [0.717, 1.165) is 0 Å². The SMILES string of the molecule is COc1c[nH]c(COC(F)F)c1. The van der Waals surface area contributed by atoms with Gasteiger partial charge < -0.3 is 14.5 Å². The summed E-state index contributed by atoms with van der Waals surface area (Å²) >= 11 is 0. The van der Waals surface area contributed by atoms with Gasteiger partial charge in [-0.25, -0.2) is 0 Å². The predicted molar refractivity (Wildman–Crippen MR) is 38.1 cm³/mol. The summed E-state index contributed by atoms with van der Waals surface area (Å²) in [5, 5.41) is 0. The molecule has 3 nitrogen and oxygen atoms in total. The summed E-state index contributed by atoms with van der Waals surface area (Å²) in [6, 6.07) is 1.60. The number of ether oxygens (including phenoxy) is 2. The number of halogens is 2. The lowest BCUT2D eigenvalue weighted by Gasteiger charge is -1.98. The van der Waals surface area contributed by atoms with Gasteiger partial charge in [0, 0.05) is 18.0 Å². The molecular formula is C7H9F2NO2. The van der Waals surface area contributed by atoms with Crippen molar-refractivity contribution in [2.24, 2.45) is 0 Å². The van der Waals surface area contributed by atoms with Crippen LogP contribution in [0, 0.1) is 0 Å². The fourth-order valence-electron chi connectivity index (χ4n) is 0.773. The number of alkyl halides is 2. The Kier molecular flexibility index (Phi) is 3.04. The van der Waals surface area contributed by atoms with Gasteiger partial charge in [-0.3, -0.25) is 0 Å². The molecule has 1 aromatic rings. The molecule has 0 aromatic carbocycles. The average Bonchev–Trinajstić information content (AvgIpc) is 2.48. The molecule has 1 aromatic heterocycles. The monoisotopic (exact) mass is 177 g/mol. The van der Waals surface area contributed by atoms with E-state index < -0.39 is 6.61 Å². The molecule has 0 atom stereocenters. The van der Waals surface area contributed by atoms with Crippen LogP contribution >= 0.6 is 0 Å². The van der Waals surface area contributed by atoms with Crippen LogP contribution in [0.1, 0.15) is 5.69 Å². The molecule has 1 N–H and O–H groups in total. The summed E-state index contributed by atoms with van der Waals surface area (Å²) in [4.78, 5) is 2.73. The number of methoxy groups -OCH3 is 1. The van der Waals surface area contributed by atoms with Crippen molar-refractivity contribution in [1.82, 2.24) is 4.98 Å². The van der Waals surface area contributed by atoms with E-state index >= 15 is 0 Å². The predicted octanol–water partition coefficient (Wildman–Crippen LogP) is 1.76. The van der Waals surface area contributed by atoms with Crippen LogP contribution in [0.2, 0.25) is 0 Å². The molecule has 0 saturated heterocycles. The smallest absolute Gasteiger partial charge is 0.345 e. The van der Waals surface area contributed by atoms with Gasteiger partial charge in [-0.05, 0) is 0 Å².